The number of nitrogens with zero attached hydrogens (tertiary/aromatic N) is 1. The lowest BCUT2D eigenvalue weighted by molar-refractivity contribution is -0.155. The number of aliphatic imine (C=N–C) groups is 1. The van der Waals surface area contributed by atoms with Crippen LogP contribution in [0, 0.1) is 11.8 Å². The second-order valence-corrected chi connectivity index (χ2v) is 16.8. The van der Waals surface area contributed by atoms with Crippen molar-refractivity contribution in [3.63, 3.8) is 0 Å². The fourth-order valence-corrected chi connectivity index (χ4v) is 6.66. The molecule has 0 radical (unpaired) electrons. The fraction of sp³-hybridized carbons (Fsp3) is 0.780. The van der Waals surface area contributed by atoms with Gasteiger partial charge in [-0.3, -0.25) is 38.6 Å². The predicted octanol–water partition coefficient (Wildman–Crippen LogP) is -1.26. The lowest BCUT2D eigenvalue weighted by Crippen LogP contribution is -2.63. The Hall–Kier alpha value is -5.05. The van der Waals surface area contributed by atoms with E-state index in [1.807, 2.05) is 0 Å². The molecule has 354 valence electrons. The number of hydrogen-bond donors (Lipinski definition) is 11. The number of rotatable bonds is 21. The maximum atomic E-state index is 13.9. The number of amides is 7. The summed E-state index contributed by atoms with van der Waals surface area (Å²) in [7, 11) is 0. The first kappa shape index (κ1) is 55.0. The van der Waals surface area contributed by atoms with E-state index in [1.54, 1.807) is 27.7 Å². The molecular formula is C41H74N10O11. The van der Waals surface area contributed by atoms with E-state index in [4.69, 9.17) is 21.9 Å². The number of primary amides is 1. The molecule has 0 aromatic carbocycles. The van der Waals surface area contributed by atoms with Crippen LogP contribution in [-0.4, -0.2) is 125 Å². The van der Waals surface area contributed by atoms with Gasteiger partial charge in [-0.25, -0.2) is 4.79 Å². The molecule has 1 saturated heterocycles. The van der Waals surface area contributed by atoms with E-state index in [0.29, 0.717) is 19.4 Å². The summed E-state index contributed by atoms with van der Waals surface area (Å²) in [5.41, 5.74) is 16.0. The molecule has 62 heavy (non-hydrogen) atoms. The number of carbonyl (C=O) groups excluding carboxylic acids is 8. The van der Waals surface area contributed by atoms with Crippen molar-refractivity contribution < 1.29 is 53.3 Å². The van der Waals surface area contributed by atoms with Gasteiger partial charge in [-0.15, -0.1) is 0 Å². The van der Waals surface area contributed by atoms with Gasteiger partial charge < -0.3 is 64.1 Å². The molecule has 1 aliphatic heterocycles. The number of aliphatic hydroxyl groups is 2. The minimum Gasteiger partial charge on any atom is -0.458 e. The van der Waals surface area contributed by atoms with Gasteiger partial charge in [-0.1, -0.05) is 85.5 Å². The van der Waals surface area contributed by atoms with Crippen molar-refractivity contribution in [1.82, 2.24) is 31.9 Å². The van der Waals surface area contributed by atoms with Crippen LogP contribution in [-0.2, 0) is 43.1 Å². The quantitative estimate of drug-likeness (QED) is 0.0278. The van der Waals surface area contributed by atoms with E-state index in [2.05, 4.69) is 36.9 Å². The summed E-state index contributed by atoms with van der Waals surface area (Å²) in [6, 6.07) is -8.99. The van der Waals surface area contributed by atoms with Crippen LogP contribution in [0.2, 0.25) is 0 Å². The molecule has 7 amide bonds. The van der Waals surface area contributed by atoms with Gasteiger partial charge >= 0.3 is 5.97 Å². The summed E-state index contributed by atoms with van der Waals surface area (Å²) in [4.78, 5) is 110. The van der Waals surface area contributed by atoms with Crippen LogP contribution in [0.3, 0.4) is 0 Å². The number of ether oxygens (including phenoxy) is 1. The zero-order chi connectivity index (χ0) is 47.1. The van der Waals surface area contributed by atoms with Crippen LogP contribution in [0.1, 0.15) is 132 Å². The number of carbonyl (C=O) groups is 8. The monoisotopic (exact) mass is 883 g/mol. The summed E-state index contributed by atoms with van der Waals surface area (Å²) in [5.74, 6) is -8.62. The molecule has 0 aromatic heterocycles. The number of hydrogen-bond acceptors (Lipinski definition) is 12. The number of aliphatic hydroxyl groups excluding tert-OH is 2. The third-order valence-corrected chi connectivity index (χ3v) is 10.3. The van der Waals surface area contributed by atoms with Crippen molar-refractivity contribution in [3.8, 4) is 0 Å². The molecule has 0 bridgehead atoms. The first-order chi connectivity index (χ1) is 29.0. The molecule has 21 nitrogen and oxygen atoms in total. The maximum Gasteiger partial charge on any atom is 0.328 e. The molecule has 1 heterocycles. The van der Waals surface area contributed by atoms with Gasteiger partial charge in [0, 0.05) is 6.54 Å². The van der Waals surface area contributed by atoms with Gasteiger partial charge in [0.15, 0.2) is 5.96 Å². The smallest absolute Gasteiger partial charge is 0.328 e. The molecule has 1 rings (SSSR count). The van der Waals surface area contributed by atoms with Crippen LogP contribution >= 0.6 is 0 Å². The van der Waals surface area contributed by atoms with Gasteiger partial charge in [0.05, 0.1) is 25.0 Å². The Kier molecular flexibility index (Phi) is 25.3. The Morgan fingerprint density at radius 1 is 0.661 bits per heavy atom. The molecule has 0 aromatic rings. The molecule has 1 aliphatic rings. The molecule has 14 N–H and O–H groups in total. The number of cyclic esters (lactones) is 1. The summed E-state index contributed by atoms with van der Waals surface area (Å²) in [6.45, 7) is 10.8. The Morgan fingerprint density at radius 2 is 1.13 bits per heavy atom. The van der Waals surface area contributed by atoms with Crippen molar-refractivity contribution in [1.29, 1.82) is 0 Å². The average Bonchev–Trinajstić information content (AvgIpc) is 3.16. The van der Waals surface area contributed by atoms with Gasteiger partial charge in [0.2, 0.25) is 41.4 Å². The molecule has 0 aliphatic carbocycles. The standard InChI is InChI=1S/C41H74N10O11/c1-22(2)31-36(57)49-32(23(3)4)37(58)51-33(25(6)52)38(59)47-28(21-29(42)54)35(56)46-24(5)40(61)62-26(7)34(39(60)50-31)48-30(55)20-27(53)18-16-14-12-10-8-9-11-13-15-17-19-45-41(43)44/h22-28,31-34,52-53H,8-21H2,1-7H3,(H2,42,54)(H,46,56)(H,47,59)(H,48,55)(H,49,57)(H,50,60)(H,51,58)(H4,43,44,45)/t24-,25-,26-,27-,28+,31-,32+,33-,34-/m0/s1. The van der Waals surface area contributed by atoms with E-state index >= 15 is 0 Å². The van der Waals surface area contributed by atoms with Crippen LogP contribution < -0.4 is 49.1 Å². The second kappa shape index (κ2) is 28.5. The lowest BCUT2D eigenvalue weighted by Gasteiger charge is -2.31. The first-order valence-electron chi connectivity index (χ1n) is 21.8. The SMILES string of the molecule is CC(C)[C@@H]1NC(=O)[C@@H](NC(=O)C[C@@H](O)CCCCCCCCCCCCN=C(N)N)[C@H](C)OC(=O)[C@H](C)NC(=O)[C@@H](CC(N)=O)NC(=O)[C@H]([C@H](C)O)NC(=O)[C@@H](C(C)C)NC1=O. The topological polar surface area (TPSA) is 349 Å². The van der Waals surface area contributed by atoms with E-state index in [1.165, 1.54) is 20.8 Å². The normalized spacial score (nSPS) is 24.5. The predicted molar refractivity (Wildman–Crippen MR) is 230 cm³/mol. The summed E-state index contributed by atoms with van der Waals surface area (Å²) in [5, 5.41) is 35.8. The minimum absolute atomic E-state index is 0.112. The Morgan fingerprint density at radius 3 is 1.61 bits per heavy atom. The highest BCUT2D eigenvalue weighted by atomic mass is 16.5. The minimum atomic E-state index is -1.68. The third kappa shape index (κ3) is 21.2. The van der Waals surface area contributed by atoms with Crippen molar-refractivity contribution in [2.45, 2.75) is 186 Å². The molecule has 0 unspecified atom stereocenters. The van der Waals surface area contributed by atoms with Gasteiger partial charge in [-0.2, -0.15) is 0 Å². The number of nitrogens with two attached hydrogens (primary N) is 3. The highest BCUT2D eigenvalue weighted by Gasteiger charge is 2.39. The molecule has 21 heteroatoms. The van der Waals surface area contributed by atoms with Gasteiger partial charge in [0.25, 0.3) is 0 Å². The van der Waals surface area contributed by atoms with Crippen molar-refractivity contribution >= 4 is 53.3 Å². The van der Waals surface area contributed by atoms with E-state index in [-0.39, 0.29) is 12.4 Å². The Labute approximate surface area is 365 Å². The number of guanidine groups is 1. The van der Waals surface area contributed by atoms with Gasteiger partial charge in [-0.05, 0) is 45.4 Å². The Balaban J connectivity index is 3.18. The zero-order valence-electron chi connectivity index (χ0n) is 37.5. The van der Waals surface area contributed by atoms with Crippen molar-refractivity contribution in [3.05, 3.63) is 0 Å². The largest absolute Gasteiger partial charge is 0.458 e. The summed E-state index contributed by atoms with van der Waals surface area (Å²) < 4.78 is 5.52. The molecular weight excluding hydrogens is 809 g/mol. The van der Waals surface area contributed by atoms with Crippen LogP contribution in [0.4, 0.5) is 0 Å². The first-order valence-corrected chi connectivity index (χ1v) is 21.8. The van der Waals surface area contributed by atoms with Crippen molar-refractivity contribution in [2.24, 2.45) is 34.0 Å². The van der Waals surface area contributed by atoms with Crippen LogP contribution in [0.15, 0.2) is 4.99 Å². The highest BCUT2D eigenvalue weighted by Crippen LogP contribution is 2.15. The van der Waals surface area contributed by atoms with E-state index in [9.17, 15) is 48.6 Å². The number of unbranched alkanes of at least 4 members (excludes halogenated alkanes) is 9. The number of nitrogens with one attached hydrogen (secondary N) is 6. The third-order valence-electron chi connectivity index (χ3n) is 10.3. The molecule has 0 spiro atoms. The zero-order valence-corrected chi connectivity index (χ0v) is 37.5. The average molecular weight is 883 g/mol. The van der Waals surface area contributed by atoms with Gasteiger partial charge in [0.1, 0.15) is 42.4 Å². The molecule has 0 saturated carbocycles. The number of esters is 1. The fourth-order valence-electron chi connectivity index (χ4n) is 6.66. The van der Waals surface area contributed by atoms with Crippen molar-refractivity contribution in [2.75, 3.05) is 6.54 Å². The lowest BCUT2D eigenvalue weighted by atomic mass is 9.98. The van der Waals surface area contributed by atoms with E-state index in [0.717, 1.165) is 57.8 Å². The second-order valence-electron chi connectivity index (χ2n) is 16.8. The maximum absolute atomic E-state index is 13.9. The molecule has 9 atom stereocenters. The van der Waals surface area contributed by atoms with Crippen LogP contribution in [0.5, 0.6) is 0 Å². The Bertz CT molecular complexity index is 1520. The summed E-state index contributed by atoms with van der Waals surface area (Å²) >= 11 is 0. The van der Waals surface area contributed by atoms with Crippen LogP contribution in [0.25, 0.3) is 0 Å². The van der Waals surface area contributed by atoms with E-state index < -0.39 is 120 Å². The molecule has 1 fully saturated rings. The summed E-state index contributed by atoms with van der Waals surface area (Å²) in [6.07, 6.45) is 5.31. The highest BCUT2D eigenvalue weighted by molar-refractivity contribution is 5.98.